The van der Waals surface area contributed by atoms with Gasteiger partial charge < -0.3 is 9.84 Å². The second-order valence-corrected chi connectivity index (χ2v) is 5.19. The zero-order valence-electron chi connectivity index (χ0n) is 10.5. The predicted octanol–water partition coefficient (Wildman–Crippen LogP) is 3.13. The van der Waals surface area contributed by atoms with Gasteiger partial charge in [-0.3, -0.25) is 4.90 Å². The first-order valence-electron chi connectivity index (χ1n) is 6.12. The summed E-state index contributed by atoms with van der Waals surface area (Å²) >= 11 is 12.2. The number of nitrogens with zero attached hydrogens (tertiary/aromatic N) is 1. The average Bonchev–Trinajstić information content (AvgIpc) is 2.33. The molecule has 100 valence electrons. The van der Waals surface area contributed by atoms with Crippen molar-refractivity contribution >= 4 is 23.2 Å². The first-order valence-corrected chi connectivity index (χ1v) is 6.87. The smallest absolute Gasteiger partial charge is 0.143 e. The minimum Gasteiger partial charge on any atom is -0.489 e. The van der Waals surface area contributed by atoms with Crippen LogP contribution in [-0.4, -0.2) is 35.8 Å². The van der Waals surface area contributed by atoms with E-state index < -0.39 is 6.10 Å². The molecule has 0 fully saturated rings. The molecule has 0 aromatic heterocycles. The van der Waals surface area contributed by atoms with Crippen molar-refractivity contribution in [3.63, 3.8) is 0 Å². The van der Waals surface area contributed by atoms with Crippen LogP contribution in [0.4, 0.5) is 0 Å². The monoisotopic (exact) mass is 289 g/mol. The number of rotatable bonds is 3. The normalized spacial score (nSPS) is 22.8. The number of hydrogen-bond acceptors (Lipinski definition) is 3. The quantitative estimate of drug-likeness (QED) is 0.928. The second-order valence-electron chi connectivity index (χ2n) is 4.35. The van der Waals surface area contributed by atoms with Crippen LogP contribution in [0.5, 0.6) is 5.75 Å². The van der Waals surface area contributed by atoms with Gasteiger partial charge in [0.25, 0.3) is 0 Å². The molecule has 0 bridgehead atoms. The molecule has 18 heavy (non-hydrogen) atoms. The molecule has 1 aromatic carbocycles. The van der Waals surface area contributed by atoms with E-state index >= 15 is 0 Å². The SMILES string of the molecule is CCN(CC)C1c2cc(Cl)cc(Cl)c2OCC1O. The largest absolute Gasteiger partial charge is 0.489 e. The summed E-state index contributed by atoms with van der Waals surface area (Å²) < 4.78 is 5.52. The Kier molecular flexibility index (Phi) is 4.38. The van der Waals surface area contributed by atoms with Crippen molar-refractivity contribution in [3.05, 3.63) is 27.7 Å². The van der Waals surface area contributed by atoms with Crippen LogP contribution >= 0.6 is 23.2 Å². The van der Waals surface area contributed by atoms with E-state index in [-0.39, 0.29) is 12.6 Å². The van der Waals surface area contributed by atoms with Gasteiger partial charge >= 0.3 is 0 Å². The van der Waals surface area contributed by atoms with Gasteiger partial charge in [0.05, 0.1) is 11.1 Å². The molecule has 5 heteroatoms. The lowest BCUT2D eigenvalue weighted by Crippen LogP contribution is -2.42. The fourth-order valence-corrected chi connectivity index (χ4v) is 3.04. The highest BCUT2D eigenvalue weighted by atomic mass is 35.5. The average molecular weight is 290 g/mol. The topological polar surface area (TPSA) is 32.7 Å². The van der Waals surface area contributed by atoms with Crippen molar-refractivity contribution in [2.24, 2.45) is 0 Å². The zero-order valence-corrected chi connectivity index (χ0v) is 12.0. The molecule has 1 aliphatic heterocycles. The highest BCUT2D eigenvalue weighted by Gasteiger charge is 2.34. The van der Waals surface area contributed by atoms with E-state index in [2.05, 4.69) is 18.7 Å². The lowest BCUT2D eigenvalue weighted by atomic mass is 9.96. The first kappa shape index (κ1) is 13.9. The number of aliphatic hydroxyl groups is 1. The first-order chi connectivity index (χ1) is 8.58. The Balaban J connectivity index is 2.49. The third kappa shape index (κ3) is 2.45. The molecule has 2 unspecified atom stereocenters. The van der Waals surface area contributed by atoms with E-state index in [1.807, 2.05) is 6.07 Å². The molecule has 0 saturated carbocycles. The molecule has 2 atom stereocenters. The summed E-state index contributed by atoms with van der Waals surface area (Å²) in [5.74, 6) is 0.642. The van der Waals surface area contributed by atoms with E-state index in [0.29, 0.717) is 15.8 Å². The molecule has 0 radical (unpaired) electrons. The van der Waals surface area contributed by atoms with Crippen LogP contribution in [0.25, 0.3) is 0 Å². The molecule has 0 aliphatic carbocycles. The van der Waals surface area contributed by atoms with Crippen molar-refractivity contribution in [1.82, 2.24) is 4.90 Å². The van der Waals surface area contributed by atoms with Gasteiger partial charge in [0.15, 0.2) is 0 Å². The molecular formula is C13H17Cl2NO2. The molecular weight excluding hydrogens is 273 g/mol. The number of halogens is 2. The van der Waals surface area contributed by atoms with Gasteiger partial charge in [-0.1, -0.05) is 37.0 Å². The molecule has 2 rings (SSSR count). The van der Waals surface area contributed by atoms with Gasteiger partial charge in [0, 0.05) is 10.6 Å². The Labute approximate surface area is 117 Å². The van der Waals surface area contributed by atoms with E-state index in [1.165, 1.54) is 0 Å². The Morgan fingerprint density at radius 2 is 2.00 bits per heavy atom. The number of hydrogen-bond donors (Lipinski definition) is 1. The predicted molar refractivity (Wildman–Crippen MR) is 73.6 cm³/mol. The van der Waals surface area contributed by atoms with Crippen LogP contribution in [0, 0.1) is 0 Å². The van der Waals surface area contributed by atoms with Crippen molar-refractivity contribution in [3.8, 4) is 5.75 Å². The van der Waals surface area contributed by atoms with Crippen molar-refractivity contribution < 1.29 is 9.84 Å². The minimum atomic E-state index is -0.563. The Hall–Kier alpha value is -0.480. The van der Waals surface area contributed by atoms with Gasteiger partial charge in [-0.05, 0) is 25.2 Å². The number of ether oxygens (including phenoxy) is 1. The lowest BCUT2D eigenvalue weighted by Gasteiger charge is -2.38. The Bertz CT molecular complexity index is 435. The number of fused-ring (bicyclic) bond motifs is 1. The van der Waals surface area contributed by atoms with Crippen molar-refractivity contribution in [2.75, 3.05) is 19.7 Å². The van der Waals surface area contributed by atoms with Crippen LogP contribution in [0.3, 0.4) is 0 Å². The van der Waals surface area contributed by atoms with E-state index in [4.69, 9.17) is 27.9 Å². The maximum atomic E-state index is 10.2. The number of benzene rings is 1. The molecule has 0 spiro atoms. The summed E-state index contributed by atoms with van der Waals surface area (Å²) in [6, 6.07) is 3.38. The third-order valence-electron chi connectivity index (χ3n) is 3.32. The standard InChI is InChI=1S/C13H17Cl2NO2/c1-3-16(4-2)12-9-5-8(14)6-10(15)13(9)18-7-11(12)17/h5-6,11-12,17H,3-4,7H2,1-2H3. The highest BCUT2D eigenvalue weighted by molar-refractivity contribution is 6.35. The summed E-state index contributed by atoms with van der Waals surface area (Å²) in [6.07, 6.45) is -0.563. The van der Waals surface area contributed by atoms with Crippen molar-refractivity contribution in [2.45, 2.75) is 26.0 Å². The van der Waals surface area contributed by atoms with E-state index in [9.17, 15) is 5.11 Å². The molecule has 0 saturated heterocycles. The van der Waals surface area contributed by atoms with Gasteiger partial charge in [0.1, 0.15) is 18.5 Å². The number of likely N-dealkylation sites (N-methyl/N-ethyl adjacent to an activating group) is 1. The number of aliphatic hydroxyl groups excluding tert-OH is 1. The third-order valence-corrected chi connectivity index (χ3v) is 3.82. The van der Waals surface area contributed by atoms with Crippen LogP contribution in [0.2, 0.25) is 10.0 Å². The van der Waals surface area contributed by atoms with Crippen LogP contribution in [0.1, 0.15) is 25.5 Å². The molecule has 0 amide bonds. The summed E-state index contributed by atoms with van der Waals surface area (Å²) in [6.45, 7) is 6.09. The van der Waals surface area contributed by atoms with Gasteiger partial charge in [-0.2, -0.15) is 0 Å². The second kappa shape index (κ2) is 5.66. The highest BCUT2D eigenvalue weighted by Crippen LogP contribution is 2.42. The Morgan fingerprint density at radius 3 is 2.61 bits per heavy atom. The van der Waals surface area contributed by atoms with E-state index in [1.54, 1.807) is 6.07 Å². The van der Waals surface area contributed by atoms with Gasteiger partial charge in [-0.25, -0.2) is 0 Å². The van der Waals surface area contributed by atoms with Gasteiger partial charge in [0.2, 0.25) is 0 Å². The zero-order chi connectivity index (χ0) is 13.3. The van der Waals surface area contributed by atoms with Crippen LogP contribution in [0.15, 0.2) is 12.1 Å². The fraction of sp³-hybridized carbons (Fsp3) is 0.538. The fourth-order valence-electron chi connectivity index (χ4n) is 2.48. The molecule has 3 nitrogen and oxygen atoms in total. The summed E-state index contributed by atoms with van der Waals surface area (Å²) in [5, 5.41) is 11.2. The maximum Gasteiger partial charge on any atom is 0.143 e. The molecule has 1 N–H and O–H groups in total. The van der Waals surface area contributed by atoms with E-state index in [0.717, 1.165) is 18.7 Å². The van der Waals surface area contributed by atoms with Crippen LogP contribution < -0.4 is 4.74 Å². The Morgan fingerprint density at radius 1 is 1.33 bits per heavy atom. The van der Waals surface area contributed by atoms with Crippen molar-refractivity contribution in [1.29, 1.82) is 0 Å². The molecule has 1 heterocycles. The minimum absolute atomic E-state index is 0.111. The summed E-state index contributed by atoms with van der Waals surface area (Å²) in [7, 11) is 0. The van der Waals surface area contributed by atoms with Crippen LogP contribution in [-0.2, 0) is 0 Å². The lowest BCUT2D eigenvalue weighted by molar-refractivity contribution is 0.00373. The van der Waals surface area contributed by atoms with Gasteiger partial charge in [-0.15, -0.1) is 0 Å². The molecule has 1 aromatic rings. The maximum absolute atomic E-state index is 10.2. The summed E-state index contributed by atoms with van der Waals surface area (Å²) in [5.41, 5.74) is 0.870. The summed E-state index contributed by atoms with van der Waals surface area (Å²) in [4.78, 5) is 2.18. The molecule has 1 aliphatic rings.